The second-order valence-electron chi connectivity index (χ2n) is 7.78. The molecule has 7 heteroatoms. The van der Waals surface area contributed by atoms with Crippen molar-refractivity contribution in [1.29, 1.82) is 0 Å². The number of benzene rings is 3. The molecule has 0 fully saturated rings. The highest BCUT2D eigenvalue weighted by Gasteiger charge is 2.19. The van der Waals surface area contributed by atoms with Crippen LogP contribution in [0.25, 0.3) is 5.69 Å². The highest BCUT2D eigenvalue weighted by atomic mass is 19.1. The van der Waals surface area contributed by atoms with Crippen LogP contribution in [0, 0.1) is 12.7 Å². The summed E-state index contributed by atoms with van der Waals surface area (Å²) >= 11 is 0. The summed E-state index contributed by atoms with van der Waals surface area (Å²) in [5.74, 6) is -1.29. The zero-order valence-electron chi connectivity index (χ0n) is 18.9. The first-order valence-corrected chi connectivity index (χ1v) is 10.9. The average molecular weight is 458 g/mol. The standard InChI is InChI=1S/C27H24FN3O3/c1-3-19-9-7-8-18(2)26(19)30-25(32)17-34-24-13-12-21(28)14-23(24)27(33)20-15-29-31(16-20)22-10-5-4-6-11-22/h4-16H,3,17H2,1-2H3,(H,30,32). The molecule has 0 aliphatic rings. The number of halogens is 1. The number of nitrogens with one attached hydrogen (secondary N) is 1. The van der Waals surface area contributed by atoms with Crippen LogP contribution in [0.3, 0.4) is 0 Å². The van der Waals surface area contributed by atoms with E-state index in [2.05, 4.69) is 10.4 Å². The molecule has 1 heterocycles. The predicted octanol–water partition coefficient (Wildman–Crippen LogP) is 5.13. The number of carbonyl (C=O) groups is 2. The van der Waals surface area contributed by atoms with Gasteiger partial charge in [0.2, 0.25) is 0 Å². The number of para-hydroxylation sites is 2. The van der Waals surface area contributed by atoms with Crippen LogP contribution in [0.5, 0.6) is 5.75 Å². The van der Waals surface area contributed by atoms with Crippen LogP contribution in [0.2, 0.25) is 0 Å². The predicted molar refractivity (Wildman–Crippen MR) is 128 cm³/mol. The van der Waals surface area contributed by atoms with Crippen molar-refractivity contribution in [2.45, 2.75) is 20.3 Å². The van der Waals surface area contributed by atoms with Crippen molar-refractivity contribution in [3.63, 3.8) is 0 Å². The summed E-state index contributed by atoms with van der Waals surface area (Å²) in [6.45, 7) is 3.60. The fourth-order valence-corrected chi connectivity index (χ4v) is 3.64. The minimum atomic E-state index is -0.580. The van der Waals surface area contributed by atoms with Crippen molar-refractivity contribution in [3.8, 4) is 11.4 Å². The van der Waals surface area contributed by atoms with Gasteiger partial charge in [0.05, 0.1) is 23.0 Å². The largest absolute Gasteiger partial charge is 0.483 e. The van der Waals surface area contributed by atoms with Crippen molar-refractivity contribution in [3.05, 3.63) is 107 Å². The molecule has 0 radical (unpaired) electrons. The summed E-state index contributed by atoms with van der Waals surface area (Å²) in [6.07, 6.45) is 3.76. The Morgan fingerprint density at radius 2 is 1.85 bits per heavy atom. The SMILES string of the molecule is CCc1cccc(C)c1NC(=O)COc1ccc(F)cc1C(=O)c1cnn(-c2ccccc2)c1. The first-order chi connectivity index (χ1) is 16.5. The molecule has 0 unspecified atom stereocenters. The van der Waals surface area contributed by atoms with Crippen LogP contribution in [0.15, 0.2) is 79.1 Å². The Morgan fingerprint density at radius 3 is 2.62 bits per heavy atom. The summed E-state index contributed by atoms with van der Waals surface area (Å²) in [6, 6.07) is 18.8. The molecule has 0 spiro atoms. The number of aryl methyl sites for hydroxylation is 2. The van der Waals surface area contributed by atoms with Gasteiger partial charge in [-0.3, -0.25) is 9.59 Å². The Labute approximate surface area is 197 Å². The highest BCUT2D eigenvalue weighted by Crippen LogP contribution is 2.24. The maximum atomic E-state index is 14.0. The molecule has 0 bridgehead atoms. The molecule has 172 valence electrons. The van der Waals surface area contributed by atoms with E-state index in [0.717, 1.165) is 35.0 Å². The number of ketones is 1. The van der Waals surface area contributed by atoms with Gasteiger partial charge in [-0.1, -0.05) is 43.3 Å². The number of anilines is 1. The lowest BCUT2D eigenvalue weighted by Gasteiger charge is -2.14. The van der Waals surface area contributed by atoms with Gasteiger partial charge in [0.25, 0.3) is 5.91 Å². The first-order valence-electron chi connectivity index (χ1n) is 10.9. The van der Waals surface area contributed by atoms with E-state index in [1.165, 1.54) is 18.3 Å². The lowest BCUT2D eigenvalue weighted by Crippen LogP contribution is -2.22. The maximum Gasteiger partial charge on any atom is 0.262 e. The third-order valence-corrected chi connectivity index (χ3v) is 5.41. The Balaban J connectivity index is 1.51. The third kappa shape index (κ3) is 5.04. The fraction of sp³-hybridized carbons (Fsp3) is 0.148. The number of amides is 1. The van der Waals surface area contributed by atoms with Crippen molar-refractivity contribution in [2.24, 2.45) is 0 Å². The second-order valence-corrected chi connectivity index (χ2v) is 7.78. The van der Waals surface area contributed by atoms with Crippen LogP contribution in [0.1, 0.15) is 34.0 Å². The molecule has 4 rings (SSSR count). The van der Waals surface area contributed by atoms with Gasteiger partial charge in [-0.05, 0) is 54.8 Å². The van der Waals surface area contributed by atoms with E-state index in [0.29, 0.717) is 0 Å². The molecule has 6 nitrogen and oxygen atoms in total. The molecule has 0 aliphatic heterocycles. The van der Waals surface area contributed by atoms with E-state index in [4.69, 9.17) is 4.74 Å². The van der Waals surface area contributed by atoms with E-state index in [1.54, 1.807) is 10.9 Å². The summed E-state index contributed by atoms with van der Waals surface area (Å²) in [5, 5.41) is 7.10. The zero-order valence-corrected chi connectivity index (χ0v) is 18.9. The zero-order chi connectivity index (χ0) is 24.1. The Morgan fingerprint density at radius 1 is 1.06 bits per heavy atom. The summed E-state index contributed by atoms with van der Waals surface area (Å²) in [7, 11) is 0. The van der Waals surface area contributed by atoms with E-state index in [9.17, 15) is 14.0 Å². The van der Waals surface area contributed by atoms with Crippen molar-refractivity contribution in [2.75, 3.05) is 11.9 Å². The van der Waals surface area contributed by atoms with Crippen LogP contribution in [0.4, 0.5) is 10.1 Å². The molecule has 3 aromatic carbocycles. The molecule has 4 aromatic rings. The van der Waals surface area contributed by atoms with Crippen molar-refractivity contribution in [1.82, 2.24) is 9.78 Å². The number of carbonyl (C=O) groups excluding carboxylic acids is 2. The molecule has 1 aromatic heterocycles. The Hall–Kier alpha value is -4.26. The molecule has 34 heavy (non-hydrogen) atoms. The van der Waals surface area contributed by atoms with Crippen LogP contribution < -0.4 is 10.1 Å². The van der Waals surface area contributed by atoms with Gasteiger partial charge in [0, 0.05) is 11.9 Å². The summed E-state index contributed by atoms with van der Waals surface area (Å²) in [4.78, 5) is 25.7. The van der Waals surface area contributed by atoms with Gasteiger partial charge in [0.1, 0.15) is 11.6 Å². The van der Waals surface area contributed by atoms with Gasteiger partial charge in [-0.2, -0.15) is 5.10 Å². The van der Waals surface area contributed by atoms with E-state index in [-0.39, 0.29) is 29.4 Å². The molecule has 1 amide bonds. The normalized spacial score (nSPS) is 10.7. The van der Waals surface area contributed by atoms with Crippen LogP contribution in [-0.2, 0) is 11.2 Å². The monoisotopic (exact) mass is 457 g/mol. The van der Waals surface area contributed by atoms with Gasteiger partial charge in [-0.15, -0.1) is 0 Å². The van der Waals surface area contributed by atoms with E-state index in [1.807, 2.05) is 62.4 Å². The van der Waals surface area contributed by atoms with Gasteiger partial charge in [0.15, 0.2) is 12.4 Å². The molecular weight excluding hydrogens is 433 g/mol. The number of ether oxygens (including phenoxy) is 1. The molecule has 0 saturated heterocycles. The Kier molecular flexibility index (Phi) is 6.82. The lowest BCUT2D eigenvalue weighted by molar-refractivity contribution is -0.118. The first kappa shape index (κ1) is 22.9. The topological polar surface area (TPSA) is 73.2 Å². The molecule has 1 N–H and O–H groups in total. The summed E-state index contributed by atoms with van der Waals surface area (Å²) < 4.78 is 21.2. The van der Waals surface area contributed by atoms with E-state index < -0.39 is 11.6 Å². The lowest BCUT2D eigenvalue weighted by atomic mass is 10.1. The van der Waals surface area contributed by atoms with E-state index >= 15 is 0 Å². The minimum Gasteiger partial charge on any atom is -0.483 e. The van der Waals surface area contributed by atoms with Gasteiger partial charge >= 0.3 is 0 Å². The maximum absolute atomic E-state index is 14.0. The fourth-order valence-electron chi connectivity index (χ4n) is 3.64. The van der Waals surface area contributed by atoms with Gasteiger partial charge < -0.3 is 10.1 Å². The van der Waals surface area contributed by atoms with Crippen molar-refractivity contribution < 1.29 is 18.7 Å². The summed E-state index contributed by atoms with van der Waals surface area (Å²) in [5.41, 5.74) is 3.79. The number of nitrogens with zero attached hydrogens (tertiary/aromatic N) is 2. The molecule has 0 atom stereocenters. The number of hydrogen-bond acceptors (Lipinski definition) is 4. The van der Waals surface area contributed by atoms with Gasteiger partial charge in [-0.25, -0.2) is 9.07 Å². The van der Waals surface area contributed by atoms with Crippen LogP contribution in [-0.4, -0.2) is 28.1 Å². The number of hydrogen-bond donors (Lipinski definition) is 1. The second kappa shape index (κ2) is 10.1. The van der Waals surface area contributed by atoms with Crippen LogP contribution >= 0.6 is 0 Å². The third-order valence-electron chi connectivity index (χ3n) is 5.41. The highest BCUT2D eigenvalue weighted by molar-refractivity contribution is 6.10. The minimum absolute atomic E-state index is 0.0190. The number of aromatic nitrogens is 2. The van der Waals surface area contributed by atoms with Crippen molar-refractivity contribution >= 4 is 17.4 Å². The number of rotatable bonds is 8. The quantitative estimate of drug-likeness (QED) is 0.372. The Bertz CT molecular complexity index is 1330. The average Bonchev–Trinajstić information content (AvgIpc) is 3.35. The molecule has 0 saturated carbocycles. The smallest absolute Gasteiger partial charge is 0.262 e. The molecular formula is C27H24FN3O3. The molecule has 0 aliphatic carbocycles.